The summed E-state index contributed by atoms with van der Waals surface area (Å²) in [5.74, 6) is -2.51. The average Bonchev–Trinajstić information content (AvgIpc) is 2.68. The van der Waals surface area contributed by atoms with Crippen LogP contribution in [0.2, 0.25) is 5.02 Å². The lowest BCUT2D eigenvalue weighted by molar-refractivity contribution is -0.134. The number of carboxylic acid groups (broad SMARTS) is 2. The molecule has 2 aromatic carbocycles. The Morgan fingerprint density at radius 1 is 1.07 bits per heavy atom. The smallest absolute Gasteiger partial charge is 0.328 e. The number of aliphatic carboxylic acids is 2. The number of halogens is 1. The molecule has 0 aromatic heterocycles. The lowest BCUT2D eigenvalue weighted by atomic mass is 9.93. The maximum absolute atomic E-state index is 9.55. The quantitative estimate of drug-likeness (QED) is 0.680. The third-order valence-electron chi connectivity index (χ3n) is 4.35. The van der Waals surface area contributed by atoms with E-state index in [1.54, 1.807) is 0 Å². The molecule has 0 saturated carbocycles. The summed E-state index contributed by atoms with van der Waals surface area (Å²) in [6.07, 6.45) is 1.12. The Morgan fingerprint density at radius 3 is 2.25 bits per heavy atom. The first-order valence-corrected chi connectivity index (χ1v) is 9.16. The van der Waals surface area contributed by atoms with Crippen molar-refractivity contribution in [2.24, 2.45) is 0 Å². The molecular weight excluding hydrogens is 380 g/mol. The van der Waals surface area contributed by atoms with E-state index in [-0.39, 0.29) is 0 Å². The fourth-order valence-corrected chi connectivity index (χ4v) is 3.10. The zero-order valence-electron chi connectivity index (χ0n) is 15.5. The lowest BCUT2D eigenvalue weighted by Crippen LogP contribution is -2.43. The largest absolute Gasteiger partial charge is 0.478 e. The van der Waals surface area contributed by atoms with Crippen molar-refractivity contribution in [3.8, 4) is 11.1 Å². The van der Waals surface area contributed by atoms with Crippen LogP contribution in [-0.4, -0.2) is 53.7 Å². The highest BCUT2D eigenvalue weighted by Gasteiger charge is 2.22. The summed E-state index contributed by atoms with van der Waals surface area (Å²) in [6.45, 7) is 3.15. The van der Waals surface area contributed by atoms with Crippen LogP contribution in [0, 0.1) is 0 Å². The molecule has 7 heteroatoms. The predicted molar refractivity (Wildman–Crippen MR) is 110 cm³/mol. The number of carboxylic acids is 2. The van der Waals surface area contributed by atoms with Gasteiger partial charge >= 0.3 is 11.9 Å². The van der Waals surface area contributed by atoms with Gasteiger partial charge in [0, 0.05) is 42.9 Å². The first-order valence-electron chi connectivity index (χ1n) is 8.78. The number of piperazine rings is 1. The van der Waals surface area contributed by atoms with E-state index in [2.05, 4.69) is 53.7 Å². The van der Waals surface area contributed by atoms with E-state index < -0.39 is 11.9 Å². The van der Waals surface area contributed by atoms with E-state index in [0.29, 0.717) is 18.2 Å². The molecule has 0 amide bonds. The van der Waals surface area contributed by atoms with Crippen molar-refractivity contribution in [3.63, 3.8) is 0 Å². The minimum absolute atomic E-state index is 0.427. The van der Waals surface area contributed by atoms with Gasteiger partial charge < -0.3 is 15.5 Å². The minimum Gasteiger partial charge on any atom is -0.478 e. The van der Waals surface area contributed by atoms with Gasteiger partial charge in [-0.2, -0.15) is 0 Å². The maximum atomic E-state index is 9.55. The molecule has 1 unspecified atom stereocenters. The van der Waals surface area contributed by atoms with Crippen LogP contribution in [0.5, 0.6) is 0 Å². The summed E-state index contributed by atoms with van der Waals surface area (Å²) in [5.41, 5.74) is 3.90. The SMILES string of the molecule is CN1CCNCC1c1ccccc1-c1ccc(Cl)cc1.O=C(O)/C=C/C(=O)O. The van der Waals surface area contributed by atoms with E-state index in [1.165, 1.54) is 16.7 Å². The van der Waals surface area contributed by atoms with Crippen LogP contribution in [0.15, 0.2) is 60.7 Å². The van der Waals surface area contributed by atoms with E-state index in [1.807, 2.05) is 12.1 Å². The Bertz CT molecular complexity index is 821. The number of nitrogens with zero attached hydrogens (tertiary/aromatic N) is 1. The molecule has 1 saturated heterocycles. The Morgan fingerprint density at radius 2 is 1.68 bits per heavy atom. The molecule has 3 N–H and O–H groups in total. The van der Waals surface area contributed by atoms with Gasteiger partial charge in [0.15, 0.2) is 0 Å². The van der Waals surface area contributed by atoms with Crippen LogP contribution in [0.4, 0.5) is 0 Å². The van der Waals surface area contributed by atoms with Crippen molar-refractivity contribution in [2.45, 2.75) is 6.04 Å². The number of benzene rings is 2. The molecule has 0 aliphatic carbocycles. The molecule has 1 heterocycles. The number of rotatable bonds is 4. The highest BCUT2D eigenvalue weighted by atomic mass is 35.5. The van der Waals surface area contributed by atoms with E-state index in [9.17, 15) is 9.59 Å². The molecule has 148 valence electrons. The molecule has 0 bridgehead atoms. The van der Waals surface area contributed by atoms with Gasteiger partial charge in [0.1, 0.15) is 0 Å². The molecule has 6 nitrogen and oxygen atoms in total. The number of carbonyl (C=O) groups is 2. The van der Waals surface area contributed by atoms with Gasteiger partial charge in [-0.25, -0.2) is 9.59 Å². The van der Waals surface area contributed by atoms with Gasteiger partial charge in [-0.3, -0.25) is 4.90 Å². The van der Waals surface area contributed by atoms with E-state index in [0.717, 1.165) is 24.7 Å². The second-order valence-corrected chi connectivity index (χ2v) is 6.74. The lowest BCUT2D eigenvalue weighted by Gasteiger charge is -2.34. The van der Waals surface area contributed by atoms with Crippen molar-refractivity contribution in [3.05, 3.63) is 71.3 Å². The Hall–Kier alpha value is -2.67. The highest BCUT2D eigenvalue weighted by molar-refractivity contribution is 6.30. The molecule has 1 aliphatic heterocycles. The number of hydrogen-bond donors (Lipinski definition) is 3. The first kappa shape index (κ1) is 21.6. The fourth-order valence-electron chi connectivity index (χ4n) is 2.98. The molecular formula is C21H23ClN2O4. The molecule has 1 aliphatic rings. The normalized spacial score (nSPS) is 17.0. The van der Waals surface area contributed by atoms with Crippen LogP contribution in [0.25, 0.3) is 11.1 Å². The van der Waals surface area contributed by atoms with Gasteiger partial charge in [-0.1, -0.05) is 48.0 Å². The third kappa shape index (κ3) is 6.49. The Kier molecular flexibility index (Phi) is 8.19. The van der Waals surface area contributed by atoms with Crippen LogP contribution in [0.3, 0.4) is 0 Å². The zero-order valence-corrected chi connectivity index (χ0v) is 16.3. The second-order valence-electron chi connectivity index (χ2n) is 6.30. The van der Waals surface area contributed by atoms with Crippen LogP contribution in [0.1, 0.15) is 11.6 Å². The van der Waals surface area contributed by atoms with Gasteiger partial charge in [0.05, 0.1) is 0 Å². The molecule has 3 rings (SSSR count). The zero-order chi connectivity index (χ0) is 20.5. The van der Waals surface area contributed by atoms with Crippen molar-refractivity contribution in [2.75, 3.05) is 26.7 Å². The molecule has 1 fully saturated rings. The maximum Gasteiger partial charge on any atom is 0.328 e. The third-order valence-corrected chi connectivity index (χ3v) is 4.61. The predicted octanol–water partition coefficient (Wildman–Crippen LogP) is 3.29. The molecule has 0 radical (unpaired) electrons. The standard InChI is InChI=1S/C17H19ClN2.C4H4O4/c1-20-11-10-19-12-17(20)16-5-3-2-4-15(16)13-6-8-14(18)9-7-13;5-3(6)1-2-4(7)8/h2-9,17,19H,10-12H2,1H3;1-2H,(H,5,6)(H,7,8)/b;2-1+. The topological polar surface area (TPSA) is 89.9 Å². The molecule has 0 spiro atoms. The van der Waals surface area contributed by atoms with Crippen molar-refractivity contribution in [1.29, 1.82) is 0 Å². The second kappa shape index (κ2) is 10.6. The summed E-state index contributed by atoms with van der Waals surface area (Å²) < 4.78 is 0. The molecule has 2 aromatic rings. The summed E-state index contributed by atoms with van der Waals surface area (Å²) in [4.78, 5) is 21.5. The van der Waals surface area contributed by atoms with Gasteiger partial charge in [-0.05, 0) is 35.9 Å². The van der Waals surface area contributed by atoms with Crippen LogP contribution < -0.4 is 5.32 Å². The number of likely N-dealkylation sites (N-methyl/N-ethyl adjacent to an activating group) is 1. The van der Waals surface area contributed by atoms with Crippen molar-refractivity contribution >= 4 is 23.5 Å². The fraction of sp³-hybridized carbons (Fsp3) is 0.238. The van der Waals surface area contributed by atoms with Gasteiger partial charge in [0.25, 0.3) is 0 Å². The van der Waals surface area contributed by atoms with Crippen LogP contribution in [-0.2, 0) is 9.59 Å². The van der Waals surface area contributed by atoms with Crippen molar-refractivity contribution < 1.29 is 19.8 Å². The number of nitrogens with one attached hydrogen (secondary N) is 1. The summed E-state index contributed by atoms with van der Waals surface area (Å²) in [5, 5.41) is 19.9. The van der Waals surface area contributed by atoms with Gasteiger partial charge in [0.2, 0.25) is 0 Å². The number of hydrogen-bond acceptors (Lipinski definition) is 4. The van der Waals surface area contributed by atoms with E-state index >= 15 is 0 Å². The summed E-state index contributed by atoms with van der Waals surface area (Å²) in [7, 11) is 2.20. The first-order chi connectivity index (χ1) is 13.4. The van der Waals surface area contributed by atoms with Crippen LogP contribution >= 0.6 is 11.6 Å². The summed E-state index contributed by atoms with van der Waals surface area (Å²) in [6, 6.07) is 17.2. The van der Waals surface area contributed by atoms with E-state index in [4.69, 9.17) is 21.8 Å². The monoisotopic (exact) mass is 402 g/mol. The highest BCUT2D eigenvalue weighted by Crippen LogP contribution is 2.31. The summed E-state index contributed by atoms with van der Waals surface area (Å²) >= 11 is 5.99. The molecule has 1 atom stereocenters. The molecule has 28 heavy (non-hydrogen) atoms. The Balaban J connectivity index is 0.000000300. The Labute approximate surface area is 169 Å². The van der Waals surface area contributed by atoms with Gasteiger partial charge in [-0.15, -0.1) is 0 Å². The average molecular weight is 403 g/mol. The van der Waals surface area contributed by atoms with Crippen molar-refractivity contribution in [1.82, 2.24) is 10.2 Å². The minimum atomic E-state index is -1.26.